The summed E-state index contributed by atoms with van der Waals surface area (Å²) in [5.41, 5.74) is 7.24. The Morgan fingerprint density at radius 1 is 1.53 bits per heavy atom. The zero-order chi connectivity index (χ0) is 13.4. The lowest BCUT2D eigenvalue weighted by molar-refractivity contribution is -0.134. The van der Waals surface area contributed by atoms with Crippen molar-refractivity contribution in [2.75, 3.05) is 12.3 Å². The normalized spacial score (nSPS) is 31.1. The quantitative estimate of drug-likeness (QED) is 0.865. The number of aryl methyl sites for hydroxylation is 1. The molecule has 0 spiro atoms. The molecule has 3 atom stereocenters. The highest BCUT2D eigenvalue weighted by atomic mass is 32.2. The fourth-order valence-corrected chi connectivity index (χ4v) is 5.40. The lowest BCUT2D eigenvalue weighted by atomic mass is 9.98. The van der Waals surface area contributed by atoms with Crippen molar-refractivity contribution in [1.82, 2.24) is 4.90 Å². The highest BCUT2D eigenvalue weighted by Gasteiger charge is 2.35. The van der Waals surface area contributed by atoms with Crippen molar-refractivity contribution in [2.24, 2.45) is 5.73 Å². The molecule has 2 aliphatic rings. The Kier molecular flexibility index (Phi) is 3.87. The number of hydrogen-bond acceptors (Lipinski definition) is 4. The molecule has 0 radical (unpaired) electrons. The Labute approximate surface area is 122 Å². The lowest BCUT2D eigenvalue weighted by Gasteiger charge is -2.38. The highest BCUT2D eigenvalue weighted by molar-refractivity contribution is 8.00. The Hall–Kier alpha value is -0.520. The smallest absolute Gasteiger partial charge is 0.240 e. The minimum atomic E-state index is 0.0202. The van der Waals surface area contributed by atoms with Crippen LogP contribution in [0.15, 0.2) is 11.4 Å². The van der Waals surface area contributed by atoms with Gasteiger partial charge in [0.25, 0.3) is 0 Å². The molecular weight excluding hydrogens is 276 g/mol. The second-order valence-electron chi connectivity index (χ2n) is 5.47. The van der Waals surface area contributed by atoms with Gasteiger partial charge in [-0.25, -0.2) is 0 Å². The van der Waals surface area contributed by atoms with Crippen LogP contribution in [0.3, 0.4) is 0 Å². The second-order valence-corrected chi connectivity index (χ2v) is 7.68. The van der Waals surface area contributed by atoms with E-state index in [2.05, 4.69) is 18.4 Å². The van der Waals surface area contributed by atoms with E-state index < -0.39 is 0 Å². The van der Waals surface area contributed by atoms with Gasteiger partial charge in [-0.1, -0.05) is 0 Å². The number of likely N-dealkylation sites (tertiary alicyclic amines) is 1. The molecule has 0 bridgehead atoms. The number of fused-ring (bicyclic) bond motifs is 1. The molecule has 0 aromatic carbocycles. The topological polar surface area (TPSA) is 46.3 Å². The monoisotopic (exact) mass is 296 g/mol. The van der Waals surface area contributed by atoms with Gasteiger partial charge in [-0.15, -0.1) is 23.1 Å². The fraction of sp³-hybridized carbons (Fsp3) is 0.643. The highest BCUT2D eigenvalue weighted by Crippen LogP contribution is 2.41. The molecule has 0 aliphatic carbocycles. The zero-order valence-corrected chi connectivity index (χ0v) is 12.8. The number of piperidine rings is 1. The number of carbonyl (C=O) groups excluding carboxylic acids is 1. The molecule has 3 rings (SSSR count). The lowest BCUT2D eigenvalue weighted by Crippen LogP contribution is -2.49. The van der Waals surface area contributed by atoms with E-state index in [1.54, 1.807) is 23.1 Å². The predicted octanol–water partition coefficient (Wildman–Crippen LogP) is 2.42. The number of carbonyl (C=O) groups is 1. The SMILES string of the molecule is C[C@@H]1C[C@H](N)CCN1C(=O)[C@@H]1SCCc2sccc21. The van der Waals surface area contributed by atoms with Crippen LogP contribution in [0.2, 0.25) is 0 Å². The number of hydrogen-bond donors (Lipinski definition) is 1. The summed E-state index contributed by atoms with van der Waals surface area (Å²) in [4.78, 5) is 16.3. The number of thiophene rings is 1. The van der Waals surface area contributed by atoms with Crippen LogP contribution in [0.5, 0.6) is 0 Å². The Balaban J connectivity index is 1.78. The average molecular weight is 296 g/mol. The summed E-state index contributed by atoms with van der Waals surface area (Å²) in [6.07, 6.45) is 2.98. The van der Waals surface area contributed by atoms with Gasteiger partial charge < -0.3 is 10.6 Å². The zero-order valence-electron chi connectivity index (χ0n) is 11.2. The van der Waals surface area contributed by atoms with Crippen molar-refractivity contribution in [3.8, 4) is 0 Å². The first kappa shape index (κ1) is 13.5. The van der Waals surface area contributed by atoms with E-state index in [0.29, 0.717) is 5.91 Å². The van der Waals surface area contributed by atoms with Crippen LogP contribution in [0.4, 0.5) is 0 Å². The Morgan fingerprint density at radius 2 is 2.37 bits per heavy atom. The first-order valence-electron chi connectivity index (χ1n) is 6.90. The van der Waals surface area contributed by atoms with Gasteiger partial charge in [-0.2, -0.15) is 0 Å². The molecule has 1 fully saturated rings. The molecule has 1 aromatic heterocycles. The summed E-state index contributed by atoms with van der Waals surface area (Å²) in [5, 5.41) is 2.14. The summed E-state index contributed by atoms with van der Waals surface area (Å²) >= 11 is 3.59. The van der Waals surface area contributed by atoms with Crippen molar-refractivity contribution in [3.05, 3.63) is 21.9 Å². The van der Waals surface area contributed by atoms with Gasteiger partial charge in [0.15, 0.2) is 0 Å². The van der Waals surface area contributed by atoms with Gasteiger partial charge in [-0.05, 0) is 48.9 Å². The average Bonchev–Trinajstić information content (AvgIpc) is 2.86. The molecule has 3 heterocycles. The molecule has 3 nitrogen and oxygen atoms in total. The third kappa shape index (κ3) is 2.56. The van der Waals surface area contributed by atoms with E-state index >= 15 is 0 Å². The largest absolute Gasteiger partial charge is 0.339 e. The van der Waals surface area contributed by atoms with E-state index in [4.69, 9.17) is 5.73 Å². The minimum absolute atomic E-state index is 0.0202. The van der Waals surface area contributed by atoms with Gasteiger partial charge in [0.2, 0.25) is 5.91 Å². The van der Waals surface area contributed by atoms with Crippen molar-refractivity contribution in [3.63, 3.8) is 0 Å². The van der Waals surface area contributed by atoms with E-state index in [1.165, 1.54) is 10.4 Å². The van der Waals surface area contributed by atoms with E-state index in [9.17, 15) is 4.79 Å². The van der Waals surface area contributed by atoms with Gasteiger partial charge in [0.1, 0.15) is 5.25 Å². The van der Waals surface area contributed by atoms with Crippen LogP contribution in [-0.2, 0) is 11.2 Å². The molecular formula is C14H20N2OS2. The van der Waals surface area contributed by atoms with Crippen LogP contribution >= 0.6 is 23.1 Å². The minimum Gasteiger partial charge on any atom is -0.339 e. The Bertz CT molecular complexity index is 474. The maximum atomic E-state index is 12.8. The first-order valence-corrected chi connectivity index (χ1v) is 8.83. The Morgan fingerprint density at radius 3 is 3.16 bits per heavy atom. The summed E-state index contributed by atoms with van der Waals surface area (Å²) in [5.74, 6) is 1.36. The number of nitrogens with two attached hydrogens (primary N) is 1. The van der Waals surface area contributed by atoms with Crippen molar-refractivity contribution in [2.45, 2.75) is 43.5 Å². The summed E-state index contributed by atoms with van der Waals surface area (Å²) in [7, 11) is 0. The fourth-order valence-electron chi connectivity index (χ4n) is 3.04. The number of amides is 1. The van der Waals surface area contributed by atoms with Crippen LogP contribution in [-0.4, -0.2) is 35.2 Å². The van der Waals surface area contributed by atoms with E-state index in [-0.39, 0.29) is 17.3 Å². The first-order chi connectivity index (χ1) is 9.16. The van der Waals surface area contributed by atoms with E-state index in [0.717, 1.165) is 31.6 Å². The van der Waals surface area contributed by atoms with Crippen molar-refractivity contribution < 1.29 is 4.79 Å². The van der Waals surface area contributed by atoms with Gasteiger partial charge in [0.05, 0.1) is 0 Å². The van der Waals surface area contributed by atoms with Gasteiger partial charge in [0, 0.05) is 23.5 Å². The summed E-state index contributed by atoms with van der Waals surface area (Å²) in [6.45, 7) is 2.94. The number of rotatable bonds is 1. The molecule has 5 heteroatoms. The predicted molar refractivity (Wildman–Crippen MR) is 81.6 cm³/mol. The molecule has 2 aliphatic heterocycles. The number of thioether (sulfide) groups is 1. The van der Waals surface area contributed by atoms with Crippen LogP contribution in [0, 0.1) is 0 Å². The third-order valence-electron chi connectivity index (χ3n) is 4.10. The van der Waals surface area contributed by atoms with Crippen LogP contribution < -0.4 is 5.73 Å². The molecule has 0 unspecified atom stereocenters. The third-order valence-corrected chi connectivity index (χ3v) is 6.33. The van der Waals surface area contributed by atoms with Gasteiger partial charge >= 0.3 is 0 Å². The standard InChI is InChI=1S/C14H20N2OS2/c1-9-8-10(15)2-5-16(9)14(17)13-11-3-6-18-12(11)4-7-19-13/h3,6,9-10,13H,2,4-5,7-8,15H2,1H3/t9-,10-,13-/m1/s1. The maximum absolute atomic E-state index is 12.8. The maximum Gasteiger partial charge on any atom is 0.240 e. The van der Waals surface area contributed by atoms with Crippen molar-refractivity contribution >= 4 is 29.0 Å². The molecule has 1 amide bonds. The molecule has 104 valence electrons. The van der Waals surface area contributed by atoms with Gasteiger partial charge in [-0.3, -0.25) is 4.79 Å². The number of nitrogens with zero attached hydrogens (tertiary/aromatic N) is 1. The summed E-state index contributed by atoms with van der Waals surface area (Å²) in [6, 6.07) is 2.67. The molecule has 1 aromatic rings. The van der Waals surface area contributed by atoms with Crippen molar-refractivity contribution in [1.29, 1.82) is 0 Å². The molecule has 2 N–H and O–H groups in total. The second kappa shape index (κ2) is 5.46. The molecule has 1 saturated heterocycles. The molecule has 0 saturated carbocycles. The van der Waals surface area contributed by atoms with Crippen LogP contribution in [0.25, 0.3) is 0 Å². The summed E-state index contributed by atoms with van der Waals surface area (Å²) < 4.78 is 0. The molecule has 19 heavy (non-hydrogen) atoms. The van der Waals surface area contributed by atoms with E-state index in [1.807, 2.05) is 4.90 Å². The van der Waals surface area contributed by atoms with Crippen LogP contribution in [0.1, 0.15) is 35.5 Å².